The van der Waals surface area contributed by atoms with Crippen LogP contribution in [0.5, 0.6) is 0 Å². The maximum absolute atomic E-state index is 13.5. The fourth-order valence-corrected chi connectivity index (χ4v) is 3.76. The van der Waals surface area contributed by atoms with Gasteiger partial charge < -0.3 is 4.90 Å². The van der Waals surface area contributed by atoms with Crippen LogP contribution in [0.4, 0.5) is 4.39 Å². The largest absolute Gasteiger partial charge is 0.339 e. The molecule has 22 heavy (non-hydrogen) atoms. The zero-order chi connectivity index (χ0) is 16.2. The van der Waals surface area contributed by atoms with Crippen molar-refractivity contribution in [3.8, 4) is 0 Å². The Kier molecular flexibility index (Phi) is 5.52. The number of piperidine rings is 1. The highest BCUT2D eigenvalue weighted by atomic mass is 32.2. The van der Waals surface area contributed by atoms with Crippen LogP contribution in [-0.2, 0) is 20.6 Å². The van der Waals surface area contributed by atoms with Gasteiger partial charge in [-0.2, -0.15) is 0 Å². The molecule has 1 fully saturated rings. The topological polar surface area (TPSA) is 66.5 Å². The van der Waals surface area contributed by atoms with Crippen LogP contribution in [0.1, 0.15) is 31.7 Å². The first-order chi connectivity index (χ1) is 10.4. The van der Waals surface area contributed by atoms with E-state index in [2.05, 4.69) is 4.72 Å². The van der Waals surface area contributed by atoms with Crippen molar-refractivity contribution in [3.63, 3.8) is 0 Å². The van der Waals surface area contributed by atoms with Crippen LogP contribution in [0.25, 0.3) is 0 Å². The summed E-state index contributed by atoms with van der Waals surface area (Å²) >= 11 is 0. The molecule has 0 radical (unpaired) electrons. The van der Waals surface area contributed by atoms with Crippen molar-refractivity contribution in [3.05, 3.63) is 35.6 Å². The predicted molar refractivity (Wildman–Crippen MR) is 82.1 cm³/mol. The van der Waals surface area contributed by atoms with Gasteiger partial charge in [0.05, 0.1) is 5.75 Å². The molecule has 122 valence electrons. The SMILES string of the molecule is CC(CNS(=O)(=O)Cc1ccccc1F)N1CCCCC1=O. The maximum atomic E-state index is 13.5. The van der Waals surface area contributed by atoms with E-state index < -0.39 is 21.6 Å². The number of rotatable bonds is 6. The third-order valence-electron chi connectivity index (χ3n) is 3.79. The lowest BCUT2D eigenvalue weighted by Crippen LogP contribution is -2.47. The third-order valence-corrected chi connectivity index (χ3v) is 5.09. The number of carbonyl (C=O) groups excluding carboxylic acids is 1. The number of nitrogens with one attached hydrogen (secondary N) is 1. The van der Waals surface area contributed by atoms with Crippen LogP contribution >= 0.6 is 0 Å². The first kappa shape index (κ1) is 16.9. The molecule has 0 aromatic heterocycles. The summed E-state index contributed by atoms with van der Waals surface area (Å²) in [6, 6.07) is 5.60. The summed E-state index contributed by atoms with van der Waals surface area (Å²) in [7, 11) is -3.64. The van der Waals surface area contributed by atoms with E-state index in [9.17, 15) is 17.6 Å². The summed E-state index contributed by atoms with van der Waals surface area (Å²) in [6.07, 6.45) is 2.35. The molecule has 1 heterocycles. The summed E-state index contributed by atoms with van der Waals surface area (Å²) in [5, 5.41) is 0. The lowest BCUT2D eigenvalue weighted by Gasteiger charge is -2.32. The minimum absolute atomic E-state index is 0.0621. The number of benzene rings is 1. The van der Waals surface area contributed by atoms with E-state index in [0.717, 1.165) is 12.8 Å². The molecular formula is C15H21FN2O3S. The Labute approximate surface area is 130 Å². The van der Waals surface area contributed by atoms with E-state index in [1.54, 1.807) is 11.0 Å². The lowest BCUT2D eigenvalue weighted by molar-refractivity contribution is -0.135. The summed E-state index contributed by atoms with van der Waals surface area (Å²) in [4.78, 5) is 13.5. The maximum Gasteiger partial charge on any atom is 0.222 e. The number of hydrogen-bond acceptors (Lipinski definition) is 3. The molecular weight excluding hydrogens is 307 g/mol. The Morgan fingerprint density at radius 3 is 2.73 bits per heavy atom. The number of sulfonamides is 1. The second kappa shape index (κ2) is 7.19. The summed E-state index contributed by atoms with van der Waals surface area (Å²) in [5.41, 5.74) is 0.136. The normalized spacial score (nSPS) is 17.5. The number of hydrogen-bond donors (Lipinski definition) is 1. The minimum atomic E-state index is -3.64. The van der Waals surface area contributed by atoms with Crippen molar-refractivity contribution in [2.45, 2.75) is 38.0 Å². The Morgan fingerprint density at radius 2 is 2.05 bits per heavy atom. The molecule has 1 unspecified atom stereocenters. The second-order valence-electron chi connectivity index (χ2n) is 5.59. The number of nitrogens with zero attached hydrogens (tertiary/aromatic N) is 1. The number of halogens is 1. The molecule has 1 aliphatic heterocycles. The number of likely N-dealkylation sites (tertiary alicyclic amines) is 1. The Bertz CT molecular complexity index is 633. The summed E-state index contributed by atoms with van der Waals surface area (Å²) in [5.74, 6) is -0.875. The van der Waals surface area contributed by atoms with Crippen molar-refractivity contribution in [1.82, 2.24) is 9.62 Å². The van der Waals surface area contributed by atoms with E-state index in [1.807, 2.05) is 6.92 Å². The van der Waals surface area contributed by atoms with Crippen LogP contribution in [0.2, 0.25) is 0 Å². The zero-order valence-corrected chi connectivity index (χ0v) is 13.4. The molecule has 1 N–H and O–H groups in total. The average molecular weight is 328 g/mol. The van der Waals surface area contributed by atoms with Gasteiger partial charge in [0.25, 0.3) is 0 Å². The molecule has 1 aliphatic rings. The van der Waals surface area contributed by atoms with Crippen molar-refractivity contribution < 1.29 is 17.6 Å². The van der Waals surface area contributed by atoms with Crippen molar-refractivity contribution in [2.75, 3.05) is 13.1 Å². The average Bonchev–Trinajstić information content (AvgIpc) is 2.48. The third kappa shape index (κ3) is 4.51. The first-order valence-electron chi connectivity index (χ1n) is 7.39. The van der Waals surface area contributed by atoms with Gasteiger partial charge in [-0.05, 0) is 25.8 Å². The monoisotopic (exact) mass is 328 g/mol. The fourth-order valence-electron chi connectivity index (χ4n) is 2.52. The van der Waals surface area contributed by atoms with Gasteiger partial charge in [-0.1, -0.05) is 18.2 Å². The Hall–Kier alpha value is -1.47. The highest BCUT2D eigenvalue weighted by Crippen LogP contribution is 2.14. The van der Waals surface area contributed by atoms with Crippen LogP contribution in [0, 0.1) is 5.82 Å². The molecule has 1 aromatic carbocycles. The minimum Gasteiger partial charge on any atom is -0.339 e. The van der Waals surface area contributed by atoms with E-state index in [0.29, 0.717) is 13.0 Å². The van der Waals surface area contributed by atoms with Crippen molar-refractivity contribution in [1.29, 1.82) is 0 Å². The Morgan fingerprint density at radius 1 is 1.32 bits per heavy atom. The van der Waals surface area contributed by atoms with E-state index in [1.165, 1.54) is 18.2 Å². The Balaban J connectivity index is 1.92. The quantitative estimate of drug-likeness (QED) is 0.863. The second-order valence-corrected chi connectivity index (χ2v) is 7.40. The smallest absolute Gasteiger partial charge is 0.222 e. The molecule has 5 nitrogen and oxygen atoms in total. The highest BCUT2D eigenvalue weighted by Gasteiger charge is 2.24. The zero-order valence-electron chi connectivity index (χ0n) is 12.6. The summed E-state index contributed by atoms with van der Waals surface area (Å²) < 4.78 is 40.1. The van der Waals surface area contributed by atoms with Crippen LogP contribution < -0.4 is 4.72 Å². The van der Waals surface area contributed by atoms with Gasteiger partial charge in [-0.3, -0.25) is 4.79 Å². The molecule has 7 heteroatoms. The van der Waals surface area contributed by atoms with Gasteiger partial charge >= 0.3 is 0 Å². The predicted octanol–water partition coefficient (Wildman–Crippen LogP) is 1.65. The molecule has 0 aliphatic carbocycles. The van der Waals surface area contributed by atoms with Gasteiger partial charge in [0.1, 0.15) is 5.82 Å². The summed E-state index contributed by atoms with van der Waals surface area (Å²) in [6.45, 7) is 2.62. The molecule has 0 spiro atoms. The van der Waals surface area contributed by atoms with Gasteiger partial charge in [0, 0.05) is 31.1 Å². The first-order valence-corrected chi connectivity index (χ1v) is 9.04. The van der Waals surface area contributed by atoms with Gasteiger partial charge in [0.2, 0.25) is 15.9 Å². The molecule has 2 rings (SSSR count). The van der Waals surface area contributed by atoms with Gasteiger partial charge in [-0.25, -0.2) is 17.5 Å². The fraction of sp³-hybridized carbons (Fsp3) is 0.533. The molecule has 1 atom stereocenters. The highest BCUT2D eigenvalue weighted by molar-refractivity contribution is 7.88. The van der Waals surface area contributed by atoms with E-state index in [4.69, 9.17) is 0 Å². The van der Waals surface area contributed by atoms with Crippen LogP contribution in [0.15, 0.2) is 24.3 Å². The van der Waals surface area contributed by atoms with Crippen LogP contribution in [0.3, 0.4) is 0 Å². The standard InChI is InChI=1S/C15H21FN2O3S/c1-12(18-9-5-4-8-15(18)19)10-17-22(20,21)11-13-6-2-3-7-14(13)16/h2-3,6-7,12,17H,4-5,8-11H2,1H3. The van der Waals surface area contributed by atoms with Crippen LogP contribution in [-0.4, -0.2) is 38.4 Å². The van der Waals surface area contributed by atoms with Crippen molar-refractivity contribution in [2.24, 2.45) is 0 Å². The molecule has 0 bridgehead atoms. The number of amides is 1. The number of carbonyl (C=O) groups is 1. The molecule has 1 amide bonds. The van der Waals surface area contributed by atoms with Crippen molar-refractivity contribution >= 4 is 15.9 Å². The van der Waals surface area contributed by atoms with Gasteiger partial charge in [-0.15, -0.1) is 0 Å². The van der Waals surface area contributed by atoms with E-state index >= 15 is 0 Å². The molecule has 1 aromatic rings. The van der Waals surface area contributed by atoms with E-state index in [-0.39, 0.29) is 24.1 Å². The molecule has 1 saturated heterocycles. The lowest BCUT2D eigenvalue weighted by atomic mass is 10.1. The molecule has 0 saturated carbocycles. The van der Waals surface area contributed by atoms with Gasteiger partial charge in [0.15, 0.2) is 0 Å².